The number of hydrogen-bond donors (Lipinski definition) is 1. The van der Waals surface area contributed by atoms with Crippen molar-refractivity contribution in [1.82, 2.24) is 0 Å². The average Bonchev–Trinajstić information content (AvgIpc) is 2.87. The molecule has 0 heterocycles. The molecular formula is C26H24N2O5S. The van der Waals surface area contributed by atoms with E-state index in [0.717, 1.165) is 24.7 Å². The molecule has 0 unspecified atom stereocenters. The largest absolute Gasteiger partial charge is 0.511 e. The molecule has 0 aromatic heterocycles. The van der Waals surface area contributed by atoms with Gasteiger partial charge in [-0.15, -0.1) is 11.8 Å². The highest BCUT2D eigenvalue weighted by atomic mass is 32.2. The van der Waals surface area contributed by atoms with E-state index < -0.39 is 40.9 Å². The molecule has 0 saturated heterocycles. The summed E-state index contributed by atoms with van der Waals surface area (Å²) in [6.45, 7) is 1.88. The minimum atomic E-state index is -1.94. The van der Waals surface area contributed by atoms with Gasteiger partial charge in [-0.05, 0) is 36.4 Å². The molecule has 1 aliphatic rings. The summed E-state index contributed by atoms with van der Waals surface area (Å²) in [7, 11) is 2.28. The van der Waals surface area contributed by atoms with Gasteiger partial charge in [-0.3, -0.25) is 4.79 Å². The van der Waals surface area contributed by atoms with Crippen molar-refractivity contribution >= 4 is 23.7 Å². The van der Waals surface area contributed by atoms with Crippen molar-refractivity contribution in [2.75, 3.05) is 20.5 Å². The summed E-state index contributed by atoms with van der Waals surface area (Å²) in [6, 6.07) is 18.3. The number of esters is 2. The number of aliphatic hydroxyl groups excluding tert-OH is 1. The third kappa shape index (κ3) is 4.02. The summed E-state index contributed by atoms with van der Waals surface area (Å²) in [5.74, 6) is -6.11. The van der Waals surface area contributed by atoms with Crippen LogP contribution in [-0.2, 0) is 19.1 Å². The molecule has 1 aliphatic carbocycles. The van der Waals surface area contributed by atoms with E-state index in [1.807, 2.05) is 13.2 Å². The Morgan fingerprint density at radius 3 is 2.00 bits per heavy atom. The van der Waals surface area contributed by atoms with Crippen LogP contribution in [0.5, 0.6) is 0 Å². The molecule has 1 N–H and O–H groups in total. The molecule has 3 atom stereocenters. The fourth-order valence-electron chi connectivity index (χ4n) is 4.60. The van der Waals surface area contributed by atoms with Crippen LogP contribution in [0.1, 0.15) is 28.5 Å². The van der Waals surface area contributed by atoms with E-state index in [0.29, 0.717) is 11.1 Å². The number of carbonyl (C=O) groups is 2. The van der Waals surface area contributed by atoms with Crippen LogP contribution in [0.25, 0.3) is 0 Å². The fraction of sp³-hybridized carbons (Fsp3) is 0.308. The Labute approximate surface area is 202 Å². The molecule has 0 bridgehead atoms. The number of methoxy groups -OCH3 is 2. The first-order valence-electron chi connectivity index (χ1n) is 10.4. The minimum absolute atomic E-state index is 0.304. The summed E-state index contributed by atoms with van der Waals surface area (Å²) in [6.07, 6.45) is 1.91. The second kappa shape index (κ2) is 10.0. The molecule has 0 aliphatic heterocycles. The third-order valence-corrected chi connectivity index (χ3v) is 7.00. The number of benzene rings is 2. The summed E-state index contributed by atoms with van der Waals surface area (Å²) in [5.41, 5.74) is -0.349. The molecule has 2 aromatic rings. The Morgan fingerprint density at radius 2 is 1.53 bits per heavy atom. The topological polar surface area (TPSA) is 120 Å². The highest BCUT2D eigenvalue weighted by Gasteiger charge is 2.61. The van der Waals surface area contributed by atoms with Gasteiger partial charge in [0, 0.05) is 10.8 Å². The zero-order valence-corrected chi connectivity index (χ0v) is 20.1. The molecular weight excluding hydrogens is 452 g/mol. The molecule has 3 rings (SSSR count). The van der Waals surface area contributed by atoms with Gasteiger partial charge < -0.3 is 14.6 Å². The average molecular weight is 477 g/mol. The standard InChI is InChI=1S/C26H24N2O5S/c1-15-5-7-16(8-6-15)21-19(24(30)32-2)23(29)20(25(31)33-3)22(26(21,13-27)14-28)17-9-11-18(34-4)12-10-17/h5-12,19,21-22,29H,1-4H3/t19-,21+,22-/m1/s1. The van der Waals surface area contributed by atoms with Crippen molar-refractivity contribution in [2.24, 2.45) is 11.3 Å². The Morgan fingerprint density at radius 1 is 0.971 bits per heavy atom. The van der Waals surface area contributed by atoms with Gasteiger partial charge in [-0.1, -0.05) is 42.0 Å². The lowest BCUT2D eigenvalue weighted by atomic mass is 9.54. The fourth-order valence-corrected chi connectivity index (χ4v) is 5.01. The quantitative estimate of drug-likeness (QED) is 0.498. The molecule has 0 fully saturated rings. The van der Waals surface area contributed by atoms with Crippen LogP contribution in [0, 0.1) is 40.9 Å². The van der Waals surface area contributed by atoms with Crippen LogP contribution in [-0.4, -0.2) is 37.5 Å². The first kappa shape index (κ1) is 24.9. The van der Waals surface area contributed by atoms with Crippen molar-refractivity contribution in [3.63, 3.8) is 0 Å². The Bertz CT molecular complexity index is 1190. The van der Waals surface area contributed by atoms with Crippen molar-refractivity contribution in [3.05, 3.63) is 76.6 Å². The van der Waals surface area contributed by atoms with Crippen molar-refractivity contribution in [2.45, 2.75) is 23.7 Å². The van der Waals surface area contributed by atoms with Gasteiger partial charge in [0.2, 0.25) is 0 Å². The second-order valence-corrected chi connectivity index (χ2v) is 8.86. The lowest BCUT2D eigenvalue weighted by molar-refractivity contribution is -0.147. The van der Waals surface area contributed by atoms with Gasteiger partial charge in [0.15, 0.2) is 5.41 Å². The number of carbonyl (C=O) groups excluding carboxylic acids is 2. The molecule has 2 aromatic carbocycles. The number of thioether (sulfide) groups is 1. The van der Waals surface area contributed by atoms with E-state index in [4.69, 9.17) is 9.47 Å². The number of nitriles is 2. The molecule has 0 amide bonds. The van der Waals surface area contributed by atoms with Gasteiger partial charge in [-0.2, -0.15) is 10.5 Å². The molecule has 0 saturated carbocycles. The third-order valence-electron chi connectivity index (χ3n) is 6.25. The summed E-state index contributed by atoms with van der Waals surface area (Å²) in [4.78, 5) is 26.8. The molecule has 7 nitrogen and oxygen atoms in total. The maximum atomic E-state index is 12.9. The first-order valence-corrected chi connectivity index (χ1v) is 11.6. The molecule has 0 radical (unpaired) electrons. The number of aliphatic hydroxyl groups is 1. The summed E-state index contributed by atoms with van der Waals surface area (Å²) in [5, 5.41) is 32.3. The summed E-state index contributed by atoms with van der Waals surface area (Å²) < 4.78 is 9.87. The van der Waals surface area contributed by atoms with Crippen LogP contribution < -0.4 is 0 Å². The van der Waals surface area contributed by atoms with Crippen LogP contribution in [0.15, 0.2) is 64.8 Å². The monoisotopic (exact) mass is 476 g/mol. The van der Waals surface area contributed by atoms with Gasteiger partial charge in [-0.25, -0.2) is 4.79 Å². The van der Waals surface area contributed by atoms with Crippen LogP contribution >= 0.6 is 11.8 Å². The van der Waals surface area contributed by atoms with Crippen LogP contribution in [0.4, 0.5) is 0 Å². The Kier molecular flexibility index (Phi) is 7.34. The van der Waals surface area contributed by atoms with E-state index in [1.54, 1.807) is 48.5 Å². The second-order valence-electron chi connectivity index (χ2n) is 7.98. The summed E-state index contributed by atoms with van der Waals surface area (Å²) >= 11 is 1.51. The molecule has 0 spiro atoms. The highest BCUT2D eigenvalue weighted by Crippen LogP contribution is 2.59. The van der Waals surface area contributed by atoms with Crippen LogP contribution in [0.3, 0.4) is 0 Å². The predicted octanol–water partition coefficient (Wildman–Crippen LogP) is 4.41. The Hall–Kier alpha value is -3.75. The normalized spacial score (nSPS) is 21.2. The van der Waals surface area contributed by atoms with Crippen molar-refractivity contribution < 1.29 is 24.2 Å². The lowest BCUT2D eigenvalue weighted by Crippen LogP contribution is -2.47. The van der Waals surface area contributed by atoms with Gasteiger partial charge in [0.1, 0.15) is 11.7 Å². The maximum absolute atomic E-state index is 12.9. The number of nitrogens with zero attached hydrogens (tertiary/aromatic N) is 2. The minimum Gasteiger partial charge on any atom is -0.511 e. The first-order chi connectivity index (χ1) is 16.3. The number of rotatable bonds is 5. The van der Waals surface area contributed by atoms with E-state index in [9.17, 15) is 25.2 Å². The van der Waals surface area contributed by atoms with Crippen molar-refractivity contribution in [1.29, 1.82) is 10.5 Å². The Balaban J connectivity index is 2.45. The van der Waals surface area contributed by atoms with E-state index in [-0.39, 0.29) is 5.57 Å². The van der Waals surface area contributed by atoms with Gasteiger partial charge >= 0.3 is 11.9 Å². The van der Waals surface area contributed by atoms with E-state index in [2.05, 4.69) is 12.1 Å². The number of ether oxygens (including phenoxy) is 2. The molecule has 34 heavy (non-hydrogen) atoms. The highest BCUT2D eigenvalue weighted by molar-refractivity contribution is 7.98. The SMILES string of the molecule is COC(=O)C1=C(O)[C@H](C(=O)OC)[C@H](c2ccc(C)cc2)C(C#N)(C#N)[C@@H]1c1ccc(SC)cc1. The predicted molar refractivity (Wildman–Crippen MR) is 126 cm³/mol. The number of hydrogen-bond acceptors (Lipinski definition) is 8. The van der Waals surface area contributed by atoms with Crippen LogP contribution in [0.2, 0.25) is 0 Å². The zero-order valence-electron chi connectivity index (χ0n) is 19.2. The van der Waals surface area contributed by atoms with E-state index in [1.165, 1.54) is 11.8 Å². The number of aryl methyl sites for hydroxylation is 1. The van der Waals surface area contributed by atoms with Crippen molar-refractivity contribution in [3.8, 4) is 12.1 Å². The molecule has 8 heteroatoms. The maximum Gasteiger partial charge on any atom is 0.337 e. The van der Waals surface area contributed by atoms with Gasteiger partial charge in [0.05, 0.1) is 37.8 Å². The van der Waals surface area contributed by atoms with Gasteiger partial charge in [0.25, 0.3) is 0 Å². The molecule has 174 valence electrons. The lowest BCUT2D eigenvalue weighted by Gasteiger charge is -2.44. The van der Waals surface area contributed by atoms with E-state index >= 15 is 0 Å². The smallest absolute Gasteiger partial charge is 0.337 e. The zero-order chi connectivity index (χ0) is 25.0.